The van der Waals surface area contributed by atoms with E-state index in [9.17, 15) is 31.1 Å². The van der Waals surface area contributed by atoms with Gasteiger partial charge in [0.25, 0.3) is 5.91 Å². The first-order valence-electron chi connectivity index (χ1n) is 11.6. The van der Waals surface area contributed by atoms with Crippen molar-refractivity contribution >= 4 is 48.7 Å². The van der Waals surface area contributed by atoms with Crippen molar-refractivity contribution in [3.63, 3.8) is 0 Å². The number of fused-ring (bicyclic) bond motifs is 1. The van der Waals surface area contributed by atoms with Crippen LogP contribution in [0.1, 0.15) is 33.3 Å². The van der Waals surface area contributed by atoms with Crippen molar-refractivity contribution in [2.24, 2.45) is 5.41 Å². The zero-order valence-electron chi connectivity index (χ0n) is 21.0. The molecular formula is C25H27ClFN3O6S2. The van der Waals surface area contributed by atoms with Crippen molar-refractivity contribution in [1.29, 1.82) is 0 Å². The summed E-state index contributed by atoms with van der Waals surface area (Å²) >= 11 is 6.35. The van der Waals surface area contributed by atoms with Crippen LogP contribution in [-0.2, 0) is 31.2 Å². The third kappa shape index (κ3) is 4.99. The molecule has 1 atom stereocenters. The van der Waals surface area contributed by atoms with E-state index in [0.29, 0.717) is 5.56 Å². The fourth-order valence-corrected chi connectivity index (χ4v) is 6.78. The van der Waals surface area contributed by atoms with E-state index in [1.54, 1.807) is 0 Å². The highest BCUT2D eigenvalue weighted by Gasteiger charge is 2.48. The number of amides is 1. The maximum Gasteiger partial charge on any atom is 0.260 e. The molecule has 2 aliphatic heterocycles. The Morgan fingerprint density at radius 1 is 1.16 bits per heavy atom. The van der Waals surface area contributed by atoms with E-state index in [0.717, 1.165) is 6.07 Å². The molecule has 0 radical (unpaired) electrons. The highest BCUT2D eigenvalue weighted by molar-refractivity contribution is 7.97. The van der Waals surface area contributed by atoms with Gasteiger partial charge in [0, 0.05) is 12.2 Å². The molecule has 204 valence electrons. The lowest BCUT2D eigenvalue weighted by Gasteiger charge is -2.35. The summed E-state index contributed by atoms with van der Waals surface area (Å²) in [6.07, 6.45) is 0. The SMILES string of the molecule is CCS(=O)(=O)Nc1ccc2c(c1)S(=O)(=O)C(Cl)=C(C1=C(O)[C@H](C(C)(C)C)N(Cc3ccc(F)cc3)C1=O)N2. The van der Waals surface area contributed by atoms with Crippen LogP contribution < -0.4 is 10.0 Å². The molecule has 4 rings (SSSR count). The lowest BCUT2D eigenvalue weighted by atomic mass is 9.85. The summed E-state index contributed by atoms with van der Waals surface area (Å²) in [7, 11) is -8.05. The standard InChI is InChI=1S/C25H27ClFN3O6S2/c1-5-37(33,34)29-16-10-11-17-18(12-16)38(35,36)23(26)20(28-17)19-21(31)22(25(2,3)4)30(24(19)32)13-14-6-8-15(27)9-7-14/h6-12,22,28-29,31H,5,13H2,1-4H3/t22-/m1/s1. The molecule has 0 saturated carbocycles. The minimum Gasteiger partial charge on any atom is -0.509 e. The number of benzene rings is 2. The van der Waals surface area contributed by atoms with Gasteiger partial charge in [-0.25, -0.2) is 21.2 Å². The normalized spacial score (nSPS) is 19.5. The molecule has 0 aliphatic carbocycles. The van der Waals surface area contributed by atoms with Gasteiger partial charge in [-0.2, -0.15) is 0 Å². The van der Waals surface area contributed by atoms with E-state index < -0.39 is 47.4 Å². The molecule has 0 aromatic heterocycles. The smallest absolute Gasteiger partial charge is 0.260 e. The molecule has 3 N–H and O–H groups in total. The number of sulfonamides is 1. The predicted molar refractivity (Wildman–Crippen MR) is 143 cm³/mol. The second-order valence-electron chi connectivity index (χ2n) is 10.1. The molecule has 2 aliphatic rings. The number of aliphatic hydroxyl groups excluding tert-OH is 1. The van der Waals surface area contributed by atoms with E-state index in [4.69, 9.17) is 11.6 Å². The zero-order valence-corrected chi connectivity index (χ0v) is 23.4. The second-order valence-corrected chi connectivity index (χ2v) is 14.5. The number of nitrogens with zero attached hydrogens (tertiary/aromatic N) is 1. The van der Waals surface area contributed by atoms with Crippen LogP contribution in [0.3, 0.4) is 0 Å². The van der Waals surface area contributed by atoms with Crippen LogP contribution >= 0.6 is 11.6 Å². The monoisotopic (exact) mass is 583 g/mol. The van der Waals surface area contributed by atoms with Gasteiger partial charge >= 0.3 is 0 Å². The highest BCUT2D eigenvalue weighted by atomic mass is 35.5. The Morgan fingerprint density at radius 2 is 1.79 bits per heavy atom. The van der Waals surface area contributed by atoms with Crippen molar-refractivity contribution < 1.29 is 31.1 Å². The van der Waals surface area contributed by atoms with E-state index in [2.05, 4.69) is 10.0 Å². The first-order chi connectivity index (χ1) is 17.6. The van der Waals surface area contributed by atoms with E-state index in [1.807, 2.05) is 20.8 Å². The minimum atomic E-state index is -4.38. The van der Waals surface area contributed by atoms with Gasteiger partial charge < -0.3 is 15.3 Å². The van der Waals surface area contributed by atoms with Gasteiger partial charge in [0.05, 0.1) is 28.1 Å². The van der Waals surface area contributed by atoms with Gasteiger partial charge in [0.2, 0.25) is 19.9 Å². The van der Waals surface area contributed by atoms with Crippen LogP contribution in [0.2, 0.25) is 0 Å². The first-order valence-corrected chi connectivity index (χ1v) is 15.1. The van der Waals surface area contributed by atoms with Gasteiger partial charge in [-0.15, -0.1) is 0 Å². The van der Waals surface area contributed by atoms with Crippen LogP contribution in [0.15, 0.2) is 68.8 Å². The van der Waals surface area contributed by atoms with Crippen molar-refractivity contribution in [2.45, 2.75) is 45.2 Å². The third-order valence-electron chi connectivity index (χ3n) is 6.25. The second kappa shape index (κ2) is 9.58. The topological polar surface area (TPSA) is 133 Å². The molecule has 2 aromatic carbocycles. The number of aliphatic hydroxyl groups is 1. The number of halogens is 2. The summed E-state index contributed by atoms with van der Waals surface area (Å²) in [4.78, 5) is 14.8. The average Bonchev–Trinajstić information content (AvgIpc) is 3.07. The lowest BCUT2D eigenvalue weighted by molar-refractivity contribution is -0.129. The van der Waals surface area contributed by atoms with Crippen molar-refractivity contribution in [3.8, 4) is 0 Å². The molecule has 38 heavy (non-hydrogen) atoms. The van der Waals surface area contributed by atoms with Crippen molar-refractivity contribution in [1.82, 2.24) is 4.90 Å². The summed E-state index contributed by atoms with van der Waals surface area (Å²) in [5.74, 6) is -1.65. The van der Waals surface area contributed by atoms with Crippen molar-refractivity contribution in [2.75, 3.05) is 15.8 Å². The number of carbonyl (C=O) groups is 1. The number of nitrogens with one attached hydrogen (secondary N) is 2. The average molecular weight is 584 g/mol. The minimum absolute atomic E-state index is 0.0289. The maximum atomic E-state index is 13.7. The quantitative estimate of drug-likeness (QED) is 0.457. The Hall–Kier alpha value is -3.09. The van der Waals surface area contributed by atoms with Crippen LogP contribution in [0.4, 0.5) is 15.8 Å². The van der Waals surface area contributed by atoms with Crippen molar-refractivity contribution in [3.05, 3.63) is 75.2 Å². The van der Waals surface area contributed by atoms with Crippen LogP contribution in [0, 0.1) is 11.2 Å². The summed E-state index contributed by atoms with van der Waals surface area (Å²) in [5, 5.41) is 14.1. The molecular weight excluding hydrogens is 557 g/mol. The van der Waals surface area contributed by atoms with E-state index in [1.165, 1.54) is 48.2 Å². The molecule has 9 nitrogen and oxygen atoms in total. The Kier molecular flexibility index (Phi) is 7.04. The maximum absolute atomic E-state index is 13.7. The number of hydrogen-bond donors (Lipinski definition) is 3. The fraction of sp³-hybridized carbons (Fsp3) is 0.320. The van der Waals surface area contributed by atoms with Gasteiger partial charge in [-0.1, -0.05) is 44.5 Å². The summed E-state index contributed by atoms with van der Waals surface area (Å²) in [5.41, 5.74) is -0.533. The van der Waals surface area contributed by atoms with Crippen LogP contribution in [-0.4, -0.2) is 44.5 Å². The molecule has 0 spiro atoms. The third-order valence-corrected chi connectivity index (χ3v) is 9.95. The van der Waals surface area contributed by atoms with Crippen LogP contribution in [0.5, 0.6) is 0 Å². The first kappa shape index (κ1) is 27.9. The van der Waals surface area contributed by atoms with Gasteiger partial charge in [0.1, 0.15) is 17.1 Å². The number of rotatable bonds is 6. The van der Waals surface area contributed by atoms with Gasteiger partial charge in [-0.3, -0.25) is 9.52 Å². The predicted octanol–water partition coefficient (Wildman–Crippen LogP) is 4.46. The Labute approximate surface area is 226 Å². The zero-order chi connectivity index (χ0) is 28.2. The Bertz CT molecular complexity index is 1590. The molecule has 0 fully saturated rings. The molecule has 13 heteroatoms. The van der Waals surface area contributed by atoms with Gasteiger partial charge in [-0.05, 0) is 48.2 Å². The lowest BCUT2D eigenvalue weighted by Crippen LogP contribution is -2.43. The Balaban J connectivity index is 1.78. The fourth-order valence-electron chi connectivity index (χ4n) is 4.46. The number of sulfone groups is 1. The van der Waals surface area contributed by atoms with E-state index in [-0.39, 0.29) is 45.6 Å². The largest absolute Gasteiger partial charge is 0.509 e. The number of hydrogen-bond acceptors (Lipinski definition) is 7. The summed E-state index contributed by atoms with van der Waals surface area (Å²) in [6.45, 7) is 6.92. The number of anilines is 2. The molecule has 0 unspecified atom stereocenters. The molecule has 1 amide bonds. The van der Waals surface area contributed by atoms with Gasteiger partial charge in [0.15, 0.2) is 4.36 Å². The highest BCUT2D eigenvalue weighted by Crippen LogP contribution is 2.45. The molecule has 0 saturated heterocycles. The van der Waals surface area contributed by atoms with Crippen LogP contribution in [0.25, 0.3) is 0 Å². The summed E-state index contributed by atoms with van der Waals surface area (Å²) in [6, 6.07) is 8.58. The summed E-state index contributed by atoms with van der Waals surface area (Å²) < 4.78 is 65.7. The molecule has 2 heterocycles. The molecule has 2 aromatic rings. The molecule has 0 bridgehead atoms. The number of carbonyl (C=O) groups excluding carboxylic acids is 1. The van der Waals surface area contributed by atoms with E-state index >= 15 is 0 Å². The Morgan fingerprint density at radius 3 is 2.37 bits per heavy atom.